The summed E-state index contributed by atoms with van der Waals surface area (Å²) in [6.45, 7) is 8.98. The molecule has 0 radical (unpaired) electrons. The van der Waals surface area contributed by atoms with Gasteiger partial charge in [-0.1, -0.05) is 11.6 Å². The normalized spacial score (nSPS) is 11.0. The summed E-state index contributed by atoms with van der Waals surface area (Å²) in [5.41, 5.74) is 5.66. The Morgan fingerprint density at radius 2 is 1.74 bits per heavy atom. The number of aliphatic carboxylic acids is 1. The van der Waals surface area contributed by atoms with E-state index in [1.807, 2.05) is 52.0 Å². The number of fused-ring (bicyclic) bond motifs is 1. The number of benzene rings is 2. The van der Waals surface area contributed by atoms with Gasteiger partial charge < -0.3 is 19.6 Å². The van der Waals surface area contributed by atoms with Gasteiger partial charge in [-0.3, -0.25) is 4.79 Å². The summed E-state index contributed by atoms with van der Waals surface area (Å²) in [5.74, 6) is 0.489. The monoisotopic (exact) mass is 367 g/mol. The molecular formula is C22H25NO4. The average molecular weight is 367 g/mol. The molecule has 0 aliphatic carbocycles. The number of carbonyl (C=O) groups is 1. The Kier molecular flexibility index (Phi) is 5.40. The molecule has 0 saturated carbocycles. The summed E-state index contributed by atoms with van der Waals surface area (Å²) >= 11 is 0. The summed E-state index contributed by atoms with van der Waals surface area (Å²) in [7, 11) is 0. The van der Waals surface area contributed by atoms with Gasteiger partial charge in [-0.15, -0.1) is 0 Å². The van der Waals surface area contributed by atoms with E-state index in [1.54, 1.807) is 0 Å². The number of hydrogen-bond acceptors (Lipinski definition) is 3. The van der Waals surface area contributed by atoms with Crippen LogP contribution in [-0.2, 0) is 11.2 Å². The van der Waals surface area contributed by atoms with Gasteiger partial charge in [0.25, 0.3) is 0 Å². The molecule has 142 valence electrons. The van der Waals surface area contributed by atoms with Crippen LogP contribution in [-0.4, -0.2) is 29.3 Å². The van der Waals surface area contributed by atoms with Crippen molar-refractivity contribution in [3.63, 3.8) is 0 Å². The van der Waals surface area contributed by atoms with Gasteiger partial charge in [0.15, 0.2) is 11.5 Å². The van der Waals surface area contributed by atoms with E-state index < -0.39 is 5.97 Å². The predicted molar refractivity (Wildman–Crippen MR) is 107 cm³/mol. The molecule has 0 aliphatic rings. The molecule has 0 unspecified atom stereocenters. The summed E-state index contributed by atoms with van der Waals surface area (Å²) in [6.07, 6.45) is -0.0462. The van der Waals surface area contributed by atoms with Crippen molar-refractivity contribution in [3.8, 4) is 22.8 Å². The van der Waals surface area contributed by atoms with Gasteiger partial charge in [-0.05, 0) is 63.1 Å². The summed E-state index contributed by atoms with van der Waals surface area (Å²) in [4.78, 5) is 15.0. The van der Waals surface area contributed by atoms with Crippen LogP contribution >= 0.6 is 0 Å². The molecule has 5 nitrogen and oxygen atoms in total. The minimum Gasteiger partial charge on any atom is -0.490 e. The van der Waals surface area contributed by atoms with Gasteiger partial charge in [0.2, 0.25) is 0 Å². The number of nitrogens with one attached hydrogen (secondary N) is 1. The molecule has 3 rings (SSSR count). The van der Waals surface area contributed by atoms with E-state index in [2.05, 4.69) is 11.1 Å². The molecule has 0 spiro atoms. The lowest BCUT2D eigenvalue weighted by Crippen LogP contribution is -2.02. The molecule has 0 saturated heterocycles. The number of rotatable bonds is 7. The van der Waals surface area contributed by atoms with Crippen molar-refractivity contribution in [1.82, 2.24) is 4.98 Å². The van der Waals surface area contributed by atoms with Gasteiger partial charge >= 0.3 is 5.97 Å². The molecule has 0 atom stereocenters. The lowest BCUT2D eigenvalue weighted by atomic mass is 10.00. The van der Waals surface area contributed by atoms with Crippen molar-refractivity contribution in [2.24, 2.45) is 0 Å². The van der Waals surface area contributed by atoms with Gasteiger partial charge in [0.05, 0.1) is 25.3 Å². The zero-order valence-corrected chi connectivity index (χ0v) is 16.2. The van der Waals surface area contributed by atoms with Crippen LogP contribution in [0.15, 0.2) is 30.3 Å². The molecule has 2 aromatic carbocycles. The number of ether oxygens (including phenoxy) is 2. The van der Waals surface area contributed by atoms with Crippen molar-refractivity contribution >= 4 is 16.9 Å². The van der Waals surface area contributed by atoms with Crippen LogP contribution in [0.5, 0.6) is 11.5 Å². The van der Waals surface area contributed by atoms with E-state index in [0.29, 0.717) is 24.7 Å². The van der Waals surface area contributed by atoms with Crippen LogP contribution in [0.3, 0.4) is 0 Å². The number of carboxylic acid groups (broad SMARTS) is 1. The highest BCUT2D eigenvalue weighted by Crippen LogP contribution is 2.37. The first-order valence-electron chi connectivity index (χ1n) is 9.18. The number of carboxylic acids is 1. The van der Waals surface area contributed by atoms with Crippen LogP contribution in [0.25, 0.3) is 22.2 Å². The third kappa shape index (κ3) is 3.77. The maximum Gasteiger partial charge on any atom is 0.307 e. The highest BCUT2D eigenvalue weighted by atomic mass is 16.5. The number of H-pyrrole nitrogens is 1. The zero-order valence-electron chi connectivity index (χ0n) is 16.2. The lowest BCUT2D eigenvalue weighted by Gasteiger charge is -2.12. The Bertz CT molecular complexity index is 988. The molecule has 0 aliphatic heterocycles. The first kappa shape index (κ1) is 18.8. The minimum atomic E-state index is -0.854. The lowest BCUT2D eigenvalue weighted by molar-refractivity contribution is -0.136. The van der Waals surface area contributed by atoms with Crippen molar-refractivity contribution in [2.45, 2.75) is 34.1 Å². The van der Waals surface area contributed by atoms with Crippen molar-refractivity contribution in [1.29, 1.82) is 0 Å². The SMILES string of the molecule is CCOc1ccc(-c2[nH]c3c(C)cc(C)cc3c2CC(=O)O)cc1OCC. The Morgan fingerprint density at radius 3 is 2.41 bits per heavy atom. The van der Waals surface area contributed by atoms with Crippen LogP contribution in [0.1, 0.15) is 30.5 Å². The van der Waals surface area contributed by atoms with E-state index in [0.717, 1.165) is 38.9 Å². The second kappa shape index (κ2) is 7.74. The van der Waals surface area contributed by atoms with Gasteiger partial charge in [0, 0.05) is 16.5 Å². The predicted octanol–water partition coefficient (Wildman–Crippen LogP) is 4.88. The van der Waals surface area contributed by atoms with Crippen molar-refractivity contribution in [2.75, 3.05) is 13.2 Å². The second-order valence-corrected chi connectivity index (χ2v) is 6.58. The molecule has 0 bridgehead atoms. The average Bonchev–Trinajstić information content (AvgIpc) is 2.95. The summed E-state index contributed by atoms with van der Waals surface area (Å²) < 4.78 is 11.4. The fraction of sp³-hybridized carbons (Fsp3) is 0.318. The quantitative estimate of drug-likeness (QED) is 0.624. The molecular weight excluding hydrogens is 342 g/mol. The van der Waals surface area contributed by atoms with E-state index in [-0.39, 0.29) is 6.42 Å². The Labute approximate surface area is 158 Å². The van der Waals surface area contributed by atoms with E-state index in [1.165, 1.54) is 0 Å². The largest absolute Gasteiger partial charge is 0.490 e. The number of aromatic amines is 1. The fourth-order valence-corrected chi connectivity index (χ4v) is 3.49. The Balaban J connectivity index is 2.22. The third-order valence-corrected chi connectivity index (χ3v) is 4.52. The highest BCUT2D eigenvalue weighted by Gasteiger charge is 2.19. The Morgan fingerprint density at radius 1 is 1.04 bits per heavy atom. The van der Waals surface area contributed by atoms with E-state index >= 15 is 0 Å². The standard InChI is InChI=1S/C22H25NO4/c1-5-26-18-8-7-15(11-19(18)27-6-2)22-17(12-20(24)25)16-10-13(3)9-14(4)21(16)23-22/h7-11,23H,5-6,12H2,1-4H3,(H,24,25). The second-order valence-electron chi connectivity index (χ2n) is 6.58. The van der Waals surface area contributed by atoms with Gasteiger partial charge in [0.1, 0.15) is 0 Å². The zero-order chi connectivity index (χ0) is 19.6. The van der Waals surface area contributed by atoms with Crippen LogP contribution in [0.2, 0.25) is 0 Å². The molecule has 1 heterocycles. The van der Waals surface area contributed by atoms with Crippen LogP contribution < -0.4 is 9.47 Å². The molecule has 1 aromatic heterocycles. The molecule has 2 N–H and O–H groups in total. The summed E-state index contributed by atoms with van der Waals surface area (Å²) in [5, 5.41) is 10.4. The smallest absolute Gasteiger partial charge is 0.307 e. The number of aryl methyl sites for hydroxylation is 2. The maximum atomic E-state index is 11.5. The Hall–Kier alpha value is -2.95. The summed E-state index contributed by atoms with van der Waals surface area (Å²) in [6, 6.07) is 9.85. The van der Waals surface area contributed by atoms with E-state index in [4.69, 9.17) is 9.47 Å². The van der Waals surface area contributed by atoms with E-state index in [9.17, 15) is 9.90 Å². The van der Waals surface area contributed by atoms with Gasteiger partial charge in [-0.25, -0.2) is 0 Å². The van der Waals surface area contributed by atoms with Crippen LogP contribution in [0.4, 0.5) is 0 Å². The highest BCUT2D eigenvalue weighted by molar-refractivity contribution is 5.96. The molecule has 0 fully saturated rings. The molecule has 5 heteroatoms. The minimum absolute atomic E-state index is 0.0462. The third-order valence-electron chi connectivity index (χ3n) is 4.52. The molecule has 3 aromatic rings. The fourth-order valence-electron chi connectivity index (χ4n) is 3.49. The van der Waals surface area contributed by atoms with Crippen molar-refractivity contribution < 1.29 is 19.4 Å². The maximum absolute atomic E-state index is 11.5. The topological polar surface area (TPSA) is 71.6 Å². The number of aromatic nitrogens is 1. The first-order chi connectivity index (χ1) is 12.9. The van der Waals surface area contributed by atoms with Gasteiger partial charge in [-0.2, -0.15) is 0 Å². The molecule has 0 amide bonds. The first-order valence-corrected chi connectivity index (χ1v) is 9.18. The van der Waals surface area contributed by atoms with Crippen LogP contribution in [0, 0.1) is 13.8 Å². The molecule has 27 heavy (non-hydrogen) atoms. The number of hydrogen-bond donors (Lipinski definition) is 2. The van der Waals surface area contributed by atoms with Crippen molar-refractivity contribution in [3.05, 3.63) is 47.0 Å².